The van der Waals surface area contributed by atoms with Gasteiger partial charge in [0.1, 0.15) is 0 Å². The van der Waals surface area contributed by atoms with Crippen LogP contribution in [0.5, 0.6) is 0 Å². The van der Waals surface area contributed by atoms with E-state index in [1.807, 2.05) is 0 Å². The number of piperidine rings is 1. The number of rotatable bonds is 3. The van der Waals surface area contributed by atoms with Crippen LogP contribution in [0.2, 0.25) is 0 Å². The predicted molar refractivity (Wildman–Crippen MR) is 62.4 cm³/mol. The maximum absolute atomic E-state index is 9.67. The van der Waals surface area contributed by atoms with Gasteiger partial charge in [-0.05, 0) is 38.9 Å². The molecule has 98 valence electrons. The van der Waals surface area contributed by atoms with Crippen LogP contribution in [0.3, 0.4) is 0 Å². The molecule has 0 spiro atoms. The normalized spacial score (nSPS) is 15.8. The highest BCUT2D eigenvalue weighted by atomic mass is 32.1. The van der Waals surface area contributed by atoms with E-state index in [0.29, 0.717) is 0 Å². The second kappa shape index (κ2) is 14.8. The average molecular weight is 258 g/mol. The lowest BCUT2D eigenvalue weighted by molar-refractivity contribution is 0.00819. The summed E-state index contributed by atoms with van der Waals surface area (Å²) in [7, 11) is 0. The molecule has 0 unspecified atom stereocenters. The molecule has 1 fully saturated rings. The van der Waals surface area contributed by atoms with E-state index >= 15 is 0 Å². The standard InChI is InChI=1S/C9H19N.CHF3.HNS/c1-2-3-7-10-8-5-4-6-9-10;2-1(3)4;1-2/h2-9H2,1H3;1H;1H. The number of halogens is 3. The van der Waals surface area contributed by atoms with Gasteiger partial charge in [-0.1, -0.05) is 19.8 Å². The van der Waals surface area contributed by atoms with Crippen LogP contribution in [0.25, 0.3) is 0 Å². The van der Waals surface area contributed by atoms with Crippen molar-refractivity contribution in [2.75, 3.05) is 19.6 Å². The molecule has 1 saturated heterocycles. The first-order valence-electron chi connectivity index (χ1n) is 5.51. The molecule has 1 aliphatic heterocycles. The fourth-order valence-electron chi connectivity index (χ4n) is 1.56. The van der Waals surface area contributed by atoms with Gasteiger partial charge in [0.25, 0.3) is 0 Å². The first-order chi connectivity index (χ1) is 7.66. The Kier molecular flexibility index (Phi) is 16.7. The first kappa shape index (κ1) is 18.1. The molecule has 6 heteroatoms. The van der Waals surface area contributed by atoms with Crippen molar-refractivity contribution in [2.45, 2.75) is 45.7 Å². The highest BCUT2D eigenvalue weighted by Gasteiger charge is 2.07. The van der Waals surface area contributed by atoms with Crippen molar-refractivity contribution in [1.82, 2.24) is 4.90 Å². The molecule has 1 rings (SSSR count). The van der Waals surface area contributed by atoms with E-state index in [1.165, 1.54) is 51.7 Å². The lowest BCUT2D eigenvalue weighted by atomic mass is 10.1. The molecule has 1 heterocycles. The number of alkyl halides is 3. The van der Waals surface area contributed by atoms with Gasteiger partial charge in [-0.15, -0.1) is 0 Å². The van der Waals surface area contributed by atoms with Gasteiger partial charge in [-0.3, -0.25) is 0 Å². The van der Waals surface area contributed by atoms with E-state index in [4.69, 9.17) is 4.78 Å². The summed E-state index contributed by atoms with van der Waals surface area (Å²) in [5, 5.41) is 0. The molecule has 0 aromatic rings. The highest BCUT2D eigenvalue weighted by molar-refractivity contribution is 7.45. The average Bonchev–Trinajstić information content (AvgIpc) is 2.30. The molecule has 1 N–H and O–H groups in total. The fraction of sp³-hybridized carbons (Fsp3) is 1.00. The van der Waals surface area contributed by atoms with Gasteiger partial charge in [0.2, 0.25) is 0 Å². The molecule has 0 radical (unpaired) electrons. The summed E-state index contributed by atoms with van der Waals surface area (Å²) in [6.45, 7) is 2.67. The quantitative estimate of drug-likeness (QED) is 0.834. The molecule has 16 heavy (non-hydrogen) atoms. The van der Waals surface area contributed by atoms with Gasteiger partial charge in [-0.25, -0.2) is 4.78 Å². The van der Waals surface area contributed by atoms with Crippen LogP contribution in [0.15, 0.2) is 0 Å². The summed E-state index contributed by atoms with van der Waals surface area (Å²) in [6, 6.07) is 0. The number of nitrogens with zero attached hydrogens (tertiary/aromatic N) is 1. The van der Waals surface area contributed by atoms with Crippen LogP contribution in [-0.4, -0.2) is 31.2 Å². The SMILES string of the molecule is CCCCN1CCCCC1.FC(F)F.N=S. The third-order valence-corrected chi connectivity index (χ3v) is 2.28. The Morgan fingerprint density at radius 1 is 1.12 bits per heavy atom. The number of hydrogen-bond acceptors (Lipinski definition) is 3. The van der Waals surface area contributed by atoms with E-state index < -0.39 is 6.68 Å². The third-order valence-electron chi connectivity index (χ3n) is 2.28. The molecule has 0 aromatic carbocycles. The minimum atomic E-state index is -3.67. The maximum Gasteiger partial charge on any atom is 0.379 e. The number of likely N-dealkylation sites (tertiary alicyclic amines) is 1. The minimum Gasteiger partial charge on any atom is -0.303 e. The molecule has 0 aliphatic carbocycles. The fourth-order valence-corrected chi connectivity index (χ4v) is 1.56. The Balaban J connectivity index is 0. The Morgan fingerprint density at radius 3 is 1.94 bits per heavy atom. The van der Waals surface area contributed by atoms with E-state index in [1.54, 1.807) is 0 Å². The number of nitrogens with one attached hydrogen (secondary N) is 1. The van der Waals surface area contributed by atoms with Gasteiger partial charge in [-0.2, -0.15) is 13.2 Å². The van der Waals surface area contributed by atoms with Crippen molar-refractivity contribution >= 4 is 12.4 Å². The van der Waals surface area contributed by atoms with Crippen molar-refractivity contribution in [2.24, 2.45) is 0 Å². The van der Waals surface area contributed by atoms with Crippen molar-refractivity contribution in [3.05, 3.63) is 0 Å². The van der Waals surface area contributed by atoms with Crippen molar-refractivity contribution < 1.29 is 13.2 Å². The van der Waals surface area contributed by atoms with Gasteiger partial charge in [0.05, 0.1) is 0 Å². The molecule has 0 amide bonds. The molecule has 0 bridgehead atoms. The third kappa shape index (κ3) is 16.2. The van der Waals surface area contributed by atoms with Crippen molar-refractivity contribution in [3.8, 4) is 0 Å². The van der Waals surface area contributed by atoms with E-state index in [0.717, 1.165) is 0 Å². The molecule has 0 atom stereocenters. The van der Waals surface area contributed by atoms with Gasteiger partial charge >= 0.3 is 6.68 Å². The van der Waals surface area contributed by atoms with E-state index in [2.05, 4.69) is 24.2 Å². The van der Waals surface area contributed by atoms with Crippen molar-refractivity contribution in [1.29, 1.82) is 4.78 Å². The zero-order valence-electron chi connectivity index (χ0n) is 9.72. The van der Waals surface area contributed by atoms with Gasteiger partial charge in [0, 0.05) is 12.4 Å². The summed E-state index contributed by atoms with van der Waals surface area (Å²) in [5.74, 6) is 0. The Morgan fingerprint density at radius 2 is 1.56 bits per heavy atom. The molecule has 0 saturated carbocycles. The monoisotopic (exact) mass is 258 g/mol. The summed E-state index contributed by atoms with van der Waals surface area (Å²) in [6.07, 6.45) is 7.06. The zero-order valence-corrected chi connectivity index (χ0v) is 10.5. The lowest BCUT2D eigenvalue weighted by Crippen LogP contribution is -2.30. The van der Waals surface area contributed by atoms with Crippen LogP contribution < -0.4 is 0 Å². The van der Waals surface area contributed by atoms with E-state index in [-0.39, 0.29) is 0 Å². The van der Waals surface area contributed by atoms with Gasteiger partial charge in [0.15, 0.2) is 0 Å². The number of hydrogen-bond donors (Lipinski definition) is 1. The number of unbranched alkanes of at least 4 members (excludes halogenated alkanes) is 1. The topological polar surface area (TPSA) is 27.1 Å². The van der Waals surface area contributed by atoms with Crippen LogP contribution in [0.4, 0.5) is 13.2 Å². The smallest absolute Gasteiger partial charge is 0.303 e. The molecular weight excluding hydrogens is 237 g/mol. The Labute approximate surface area is 101 Å². The lowest BCUT2D eigenvalue weighted by Gasteiger charge is -2.25. The largest absolute Gasteiger partial charge is 0.379 e. The summed E-state index contributed by atoms with van der Waals surface area (Å²) < 4.78 is 34.3. The van der Waals surface area contributed by atoms with Crippen molar-refractivity contribution in [3.63, 3.8) is 0 Å². The molecular formula is C10H21F3N2S. The second-order valence-corrected chi connectivity index (χ2v) is 3.50. The predicted octanol–water partition coefficient (Wildman–Crippen LogP) is 3.75. The maximum atomic E-state index is 9.67. The van der Waals surface area contributed by atoms with Crippen LogP contribution >= 0.6 is 0 Å². The molecule has 2 nitrogen and oxygen atoms in total. The van der Waals surface area contributed by atoms with E-state index in [9.17, 15) is 13.2 Å². The van der Waals surface area contributed by atoms with Crippen LogP contribution in [0, 0.1) is 4.78 Å². The van der Waals surface area contributed by atoms with Crippen LogP contribution in [0.1, 0.15) is 39.0 Å². The Bertz CT molecular complexity index is 130. The molecule has 1 aliphatic rings. The first-order valence-corrected chi connectivity index (χ1v) is 5.92. The van der Waals surface area contributed by atoms with Gasteiger partial charge < -0.3 is 4.90 Å². The van der Waals surface area contributed by atoms with Crippen LogP contribution in [-0.2, 0) is 12.4 Å². The molecule has 0 aromatic heterocycles. The summed E-state index contributed by atoms with van der Waals surface area (Å²) in [4.78, 5) is 2.60. The minimum absolute atomic E-state index is 1.34. The highest BCUT2D eigenvalue weighted by Crippen LogP contribution is 2.08. The Hall–Kier alpha value is -0.230. The summed E-state index contributed by atoms with van der Waals surface area (Å²) >= 11 is 3.33. The second-order valence-electron chi connectivity index (χ2n) is 3.50. The summed E-state index contributed by atoms with van der Waals surface area (Å²) in [5.41, 5.74) is 0. The zero-order chi connectivity index (χ0) is 12.8.